The summed E-state index contributed by atoms with van der Waals surface area (Å²) in [4.78, 5) is 18.3. The average molecular weight is 341 g/mol. The van der Waals surface area contributed by atoms with E-state index in [2.05, 4.69) is 0 Å². The van der Waals surface area contributed by atoms with Gasteiger partial charge in [-0.3, -0.25) is 9.63 Å². The molecule has 25 heavy (non-hydrogen) atoms. The van der Waals surface area contributed by atoms with Crippen molar-refractivity contribution in [2.24, 2.45) is 0 Å². The Kier molecular flexibility index (Phi) is 4.68. The molecule has 5 nitrogen and oxygen atoms in total. The van der Waals surface area contributed by atoms with Gasteiger partial charge < -0.3 is 9.47 Å². The van der Waals surface area contributed by atoms with Crippen LogP contribution < -0.4 is 14.5 Å². The molecule has 0 spiro atoms. The van der Waals surface area contributed by atoms with Crippen molar-refractivity contribution in [2.75, 3.05) is 19.3 Å². The normalized spacial score (nSPS) is 22.7. The maximum atomic E-state index is 12.2. The van der Waals surface area contributed by atoms with Gasteiger partial charge in [-0.25, -0.2) is 5.06 Å². The van der Waals surface area contributed by atoms with Gasteiger partial charge in [0.2, 0.25) is 0 Å². The molecule has 2 aromatic carbocycles. The van der Waals surface area contributed by atoms with Crippen LogP contribution >= 0.6 is 0 Å². The number of hydrogen-bond acceptors (Lipinski definition) is 5. The van der Waals surface area contributed by atoms with E-state index in [4.69, 9.17) is 14.3 Å². The van der Waals surface area contributed by atoms with Crippen molar-refractivity contribution < 1.29 is 19.1 Å². The zero-order valence-electron chi connectivity index (χ0n) is 15.0. The van der Waals surface area contributed by atoms with E-state index in [-0.39, 0.29) is 11.8 Å². The van der Waals surface area contributed by atoms with Gasteiger partial charge in [-0.15, -0.1) is 0 Å². The summed E-state index contributed by atoms with van der Waals surface area (Å²) in [6.45, 7) is 3.40. The first kappa shape index (κ1) is 17.3. The average Bonchev–Trinajstić information content (AvgIpc) is 3.01. The lowest BCUT2D eigenvalue weighted by Crippen LogP contribution is -2.34. The van der Waals surface area contributed by atoms with Gasteiger partial charge in [-0.05, 0) is 44.2 Å². The Bertz CT molecular complexity index is 762. The van der Waals surface area contributed by atoms with Crippen LogP contribution in [-0.2, 0) is 9.63 Å². The molecule has 1 saturated heterocycles. The molecule has 0 saturated carbocycles. The van der Waals surface area contributed by atoms with Crippen molar-refractivity contribution in [1.29, 1.82) is 0 Å². The number of Topliss-reactive ketones (excluding diaryl/α,β-unsaturated/α-hetero) is 1. The Labute approximate surface area is 148 Å². The van der Waals surface area contributed by atoms with E-state index in [1.165, 1.54) is 0 Å². The van der Waals surface area contributed by atoms with Crippen LogP contribution in [0.1, 0.15) is 31.9 Å². The maximum Gasteiger partial charge on any atom is 0.164 e. The zero-order valence-corrected chi connectivity index (χ0v) is 15.0. The number of anilines is 1. The molecular weight excluding hydrogens is 318 g/mol. The van der Waals surface area contributed by atoms with Crippen molar-refractivity contribution in [3.05, 3.63) is 54.1 Å². The number of benzene rings is 2. The number of hydroxylamine groups is 1. The van der Waals surface area contributed by atoms with Gasteiger partial charge in [0.1, 0.15) is 11.5 Å². The molecule has 0 bridgehead atoms. The molecular formula is C20H23NO4. The van der Waals surface area contributed by atoms with Crippen LogP contribution in [0.4, 0.5) is 5.69 Å². The number of carbonyl (C=O) groups excluding carboxylic acids is 1. The third-order valence-corrected chi connectivity index (χ3v) is 4.72. The molecule has 1 heterocycles. The highest BCUT2D eigenvalue weighted by Gasteiger charge is 2.47. The highest BCUT2D eigenvalue weighted by atomic mass is 16.7. The summed E-state index contributed by atoms with van der Waals surface area (Å²) >= 11 is 0. The minimum atomic E-state index is -0.880. The number of ketones is 1. The third kappa shape index (κ3) is 3.20. The van der Waals surface area contributed by atoms with Crippen molar-refractivity contribution in [2.45, 2.75) is 31.9 Å². The second kappa shape index (κ2) is 6.76. The fraction of sp³-hybridized carbons (Fsp3) is 0.350. The minimum Gasteiger partial charge on any atom is -0.497 e. The highest BCUT2D eigenvalue weighted by molar-refractivity contribution is 5.85. The third-order valence-electron chi connectivity index (χ3n) is 4.72. The molecule has 0 N–H and O–H groups in total. The first-order valence-corrected chi connectivity index (χ1v) is 8.25. The van der Waals surface area contributed by atoms with E-state index in [0.717, 1.165) is 22.7 Å². The molecule has 2 aromatic rings. The van der Waals surface area contributed by atoms with Crippen LogP contribution in [0.5, 0.6) is 11.5 Å². The number of carbonyl (C=O) groups is 1. The van der Waals surface area contributed by atoms with Gasteiger partial charge in [0.05, 0.1) is 25.9 Å². The minimum absolute atomic E-state index is 0.00204. The lowest BCUT2D eigenvalue weighted by molar-refractivity contribution is -0.136. The lowest BCUT2D eigenvalue weighted by atomic mass is 9.90. The molecule has 0 aliphatic carbocycles. The summed E-state index contributed by atoms with van der Waals surface area (Å²) in [5.74, 6) is 1.47. The molecule has 1 aliphatic heterocycles. The Morgan fingerprint density at radius 1 is 1.16 bits per heavy atom. The molecule has 1 aliphatic rings. The van der Waals surface area contributed by atoms with Crippen LogP contribution in [0.25, 0.3) is 0 Å². The topological polar surface area (TPSA) is 48.0 Å². The zero-order chi connectivity index (χ0) is 18.0. The molecule has 0 amide bonds. The summed E-state index contributed by atoms with van der Waals surface area (Å²) < 4.78 is 10.9. The van der Waals surface area contributed by atoms with Crippen molar-refractivity contribution >= 4 is 11.5 Å². The monoisotopic (exact) mass is 341 g/mol. The van der Waals surface area contributed by atoms with E-state index in [1.54, 1.807) is 26.2 Å². The fourth-order valence-corrected chi connectivity index (χ4v) is 3.12. The first-order valence-electron chi connectivity index (χ1n) is 8.25. The smallest absolute Gasteiger partial charge is 0.164 e. The lowest BCUT2D eigenvalue weighted by Gasteiger charge is -2.27. The Hall–Kier alpha value is -2.53. The standard InChI is InChI=1S/C20H23NO4/c1-14(22)20(2)13-18(21(25-20)15-8-6-5-7-9-15)17-12-16(23-3)10-11-19(17)24-4/h5-12,18H,13H2,1-4H3. The summed E-state index contributed by atoms with van der Waals surface area (Å²) in [6.07, 6.45) is 0.529. The molecule has 3 rings (SSSR count). The molecule has 1 fully saturated rings. The predicted octanol–water partition coefficient (Wildman–Crippen LogP) is 3.93. The molecule has 2 atom stereocenters. The quantitative estimate of drug-likeness (QED) is 0.824. The molecule has 0 radical (unpaired) electrons. The van der Waals surface area contributed by atoms with Crippen molar-refractivity contribution in [3.63, 3.8) is 0 Å². The van der Waals surface area contributed by atoms with E-state index < -0.39 is 5.60 Å². The van der Waals surface area contributed by atoms with Gasteiger partial charge >= 0.3 is 0 Å². The van der Waals surface area contributed by atoms with Gasteiger partial charge in [-0.2, -0.15) is 0 Å². The van der Waals surface area contributed by atoms with Gasteiger partial charge in [0, 0.05) is 12.0 Å². The second-order valence-electron chi connectivity index (χ2n) is 6.37. The summed E-state index contributed by atoms with van der Waals surface area (Å²) in [7, 11) is 3.27. The Morgan fingerprint density at radius 3 is 2.48 bits per heavy atom. The van der Waals surface area contributed by atoms with Crippen LogP contribution in [-0.4, -0.2) is 25.6 Å². The second-order valence-corrected chi connectivity index (χ2v) is 6.37. The number of para-hydroxylation sites is 1. The van der Waals surface area contributed by atoms with Gasteiger partial charge in [0.15, 0.2) is 11.4 Å². The van der Waals surface area contributed by atoms with Crippen LogP contribution in [0.3, 0.4) is 0 Å². The largest absolute Gasteiger partial charge is 0.497 e. The van der Waals surface area contributed by atoms with E-state index in [0.29, 0.717) is 6.42 Å². The fourth-order valence-electron chi connectivity index (χ4n) is 3.12. The van der Waals surface area contributed by atoms with Crippen molar-refractivity contribution in [1.82, 2.24) is 0 Å². The van der Waals surface area contributed by atoms with E-state index >= 15 is 0 Å². The number of rotatable bonds is 5. The number of methoxy groups -OCH3 is 2. The molecule has 132 valence electrons. The molecule has 5 heteroatoms. The highest BCUT2D eigenvalue weighted by Crippen LogP contribution is 2.46. The van der Waals surface area contributed by atoms with Crippen LogP contribution in [0.2, 0.25) is 0 Å². The van der Waals surface area contributed by atoms with Gasteiger partial charge in [0.25, 0.3) is 0 Å². The van der Waals surface area contributed by atoms with Crippen molar-refractivity contribution in [3.8, 4) is 11.5 Å². The SMILES string of the molecule is COc1ccc(OC)c(C2CC(C)(C(C)=O)ON2c2ccccc2)c1. The number of nitrogens with zero attached hydrogens (tertiary/aromatic N) is 1. The number of hydrogen-bond donors (Lipinski definition) is 0. The predicted molar refractivity (Wildman–Crippen MR) is 96.0 cm³/mol. The Morgan fingerprint density at radius 2 is 1.88 bits per heavy atom. The Balaban J connectivity index is 2.09. The molecule has 2 unspecified atom stereocenters. The van der Waals surface area contributed by atoms with E-state index in [9.17, 15) is 4.79 Å². The summed E-state index contributed by atoms with van der Waals surface area (Å²) in [6, 6.07) is 15.3. The summed E-state index contributed by atoms with van der Waals surface area (Å²) in [5.41, 5.74) is 0.937. The maximum absolute atomic E-state index is 12.2. The van der Waals surface area contributed by atoms with Crippen LogP contribution in [0, 0.1) is 0 Å². The molecule has 0 aromatic heterocycles. The van der Waals surface area contributed by atoms with Crippen LogP contribution in [0.15, 0.2) is 48.5 Å². The van der Waals surface area contributed by atoms with Gasteiger partial charge in [-0.1, -0.05) is 18.2 Å². The van der Waals surface area contributed by atoms with E-state index in [1.807, 2.05) is 55.5 Å². The number of ether oxygens (including phenoxy) is 2. The first-order chi connectivity index (χ1) is 12.0. The summed E-state index contributed by atoms with van der Waals surface area (Å²) in [5, 5.41) is 1.80.